The maximum absolute atomic E-state index is 5.60. The average molecular weight is 143 g/mol. The molecule has 1 saturated heterocycles. The molecule has 2 heteroatoms. The molecule has 0 radical (unpaired) electrons. The summed E-state index contributed by atoms with van der Waals surface area (Å²) in [5.41, 5.74) is 0. The smallest absolute Gasteiger partial charge is 0.111 e. The highest BCUT2D eigenvalue weighted by atomic mass is 16.5. The fourth-order valence-electron chi connectivity index (χ4n) is 1.18. The lowest BCUT2D eigenvalue weighted by molar-refractivity contribution is 0.0168. The van der Waals surface area contributed by atoms with E-state index in [0.717, 1.165) is 6.54 Å². The second-order valence-electron chi connectivity index (χ2n) is 3.16. The molecule has 60 valence electrons. The van der Waals surface area contributed by atoms with E-state index in [2.05, 4.69) is 26.1 Å². The summed E-state index contributed by atoms with van der Waals surface area (Å²) in [5, 5.41) is 3.33. The van der Waals surface area contributed by atoms with Crippen molar-refractivity contribution in [1.82, 2.24) is 5.32 Å². The summed E-state index contributed by atoms with van der Waals surface area (Å²) in [7, 11) is 0. The SMILES string of the molecule is CCC(C)C1NCC(C)O1. The summed E-state index contributed by atoms with van der Waals surface area (Å²) in [6.07, 6.45) is 1.89. The average Bonchev–Trinajstić information content (AvgIpc) is 2.34. The molecule has 1 rings (SSSR count). The van der Waals surface area contributed by atoms with E-state index < -0.39 is 0 Å². The Hall–Kier alpha value is -0.0800. The predicted molar refractivity (Wildman–Crippen MR) is 41.8 cm³/mol. The fraction of sp³-hybridized carbons (Fsp3) is 1.00. The van der Waals surface area contributed by atoms with Gasteiger partial charge in [-0.25, -0.2) is 0 Å². The maximum Gasteiger partial charge on any atom is 0.111 e. The second-order valence-corrected chi connectivity index (χ2v) is 3.16. The number of rotatable bonds is 2. The number of nitrogens with one attached hydrogen (secondary N) is 1. The van der Waals surface area contributed by atoms with E-state index in [1.165, 1.54) is 6.42 Å². The molecule has 0 aromatic rings. The van der Waals surface area contributed by atoms with Crippen LogP contribution in [0.4, 0.5) is 0 Å². The van der Waals surface area contributed by atoms with Crippen LogP contribution in [0.15, 0.2) is 0 Å². The zero-order valence-electron chi connectivity index (χ0n) is 7.05. The molecule has 3 unspecified atom stereocenters. The molecule has 10 heavy (non-hydrogen) atoms. The van der Waals surface area contributed by atoms with Crippen molar-refractivity contribution in [1.29, 1.82) is 0 Å². The first-order valence-electron chi connectivity index (χ1n) is 4.13. The molecule has 1 fully saturated rings. The highest BCUT2D eigenvalue weighted by Crippen LogP contribution is 2.14. The van der Waals surface area contributed by atoms with Gasteiger partial charge in [0, 0.05) is 6.54 Å². The van der Waals surface area contributed by atoms with Crippen LogP contribution in [0.1, 0.15) is 27.2 Å². The summed E-state index contributed by atoms with van der Waals surface area (Å²) in [5.74, 6) is 0.643. The molecule has 0 bridgehead atoms. The molecule has 2 nitrogen and oxygen atoms in total. The van der Waals surface area contributed by atoms with Crippen LogP contribution in [-0.2, 0) is 4.74 Å². The van der Waals surface area contributed by atoms with Crippen LogP contribution in [0.2, 0.25) is 0 Å². The van der Waals surface area contributed by atoms with E-state index in [9.17, 15) is 0 Å². The zero-order valence-corrected chi connectivity index (χ0v) is 7.05. The van der Waals surface area contributed by atoms with Gasteiger partial charge < -0.3 is 4.74 Å². The van der Waals surface area contributed by atoms with Gasteiger partial charge in [0.1, 0.15) is 6.23 Å². The third kappa shape index (κ3) is 1.70. The van der Waals surface area contributed by atoms with Crippen LogP contribution in [0.3, 0.4) is 0 Å². The topological polar surface area (TPSA) is 21.3 Å². The number of ether oxygens (including phenoxy) is 1. The van der Waals surface area contributed by atoms with Crippen molar-refractivity contribution in [2.75, 3.05) is 6.54 Å². The first kappa shape index (κ1) is 8.02. The fourth-order valence-corrected chi connectivity index (χ4v) is 1.18. The van der Waals surface area contributed by atoms with E-state index in [0.29, 0.717) is 18.2 Å². The summed E-state index contributed by atoms with van der Waals surface area (Å²) in [6.45, 7) is 7.53. The van der Waals surface area contributed by atoms with E-state index in [1.54, 1.807) is 0 Å². The third-order valence-corrected chi connectivity index (χ3v) is 2.15. The predicted octanol–water partition coefficient (Wildman–Crippen LogP) is 1.37. The minimum absolute atomic E-state index is 0.306. The highest BCUT2D eigenvalue weighted by Gasteiger charge is 2.24. The van der Waals surface area contributed by atoms with Gasteiger partial charge in [-0.2, -0.15) is 0 Å². The maximum atomic E-state index is 5.60. The van der Waals surface area contributed by atoms with E-state index >= 15 is 0 Å². The van der Waals surface area contributed by atoms with E-state index in [1.807, 2.05) is 0 Å². The van der Waals surface area contributed by atoms with Crippen LogP contribution in [0.5, 0.6) is 0 Å². The van der Waals surface area contributed by atoms with Gasteiger partial charge in [0.2, 0.25) is 0 Å². The molecular formula is C8H17NO. The van der Waals surface area contributed by atoms with Gasteiger partial charge in [-0.05, 0) is 19.3 Å². The van der Waals surface area contributed by atoms with Crippen LogP contribution in [0, 0.1) is 5.92 Å². The molecular weight excluding hydrogens is 126 g/mol. The Bertz CT molecular complexity index is 105. The minimum atomic E-state index is 0.306. The van der Waals surface area contributed by atoms with Crippen molar-refractivity contribution < 1.29 is 4.74 Å². The highest BCUT2D eigenvalue weighted by molar-refractivity contribution is 4.73. The van der Waals surface area contributed by atoms with Crippen molar-refractivity contribution in [2.24, 2.45) is 5.92 Å². The van der Waals surface area contributed by atoms with Crippen molar-refractivity contribution in [3.63, 3.8) is 0 Å². The molecule has 0 aromatic heterocycles. The van der Waals surface area contributed by atoms with Gasteiger partial charge in [-0.3, -0.25) is 5.32 Å². The van der Waals surface area contributed by atoms with E-state index in [4.69, 9.17) is 4.74 Å². The molecule has 1 N–H and O–H groups in total. The van der Waals surface area contributed by atoms with Crippen LogP contribution >= 0.6 is 0 Å². The number of hydrogen-bond acceptors (Lipinski definition) is 2. The Balaban J connectivity index is 2.29. The lowest BCUT2D eigenvalue weighted by Gasteiger charge is -2.16. The largest absolute Gasteiger partial charge is 0.359 e. The molecule has 1 heterocycles. The monoisotopic (exact) mass is 143 g/mol. The minimum Gasteiger partial charge on any atom is -0.359 e. The molecule has 3 atom stereocenters. The molecule has 0 aromatic carbocycles. The second kappa shape index (κ2) is 3.35. The van der Waals surface area contributed by atoms with Gasteiger partial charge >= 0.3 is 0 Å². The van der Waals surface area contributed by atoms with Crippen molar-refractivity contribution in [2.45, 2.75) is 39.5 Å². The summed E-state index contributed by atoms with van der Waals surface area (Å²) in [4.78, 5) is 0. The first-order chi connectivity index (χ1) is 4.74. The molecule has 0 spiro atoms. The summed E-state index contributed by atoms with van der Waals surface area (Å²) in [6, 6.07) is 0. The van der Waals surface area contributed by atoms with Gasteiger partial charge in [-0.15, -0.1) is 0 Å². The first-order valence-corrected chi connectivity index (χ1v) is 4.13. The third-order valence-electron chi connectivity index (χ3n) is 2.15. The molecule has 1 aliphatic heterocycles. The number of hydrogen-bond donors (Lipinski definition) is 1. The lowest BCUT2D eigenvalue weighted by Crippen LogP contribution is -2.29. The quantitative estimate of drug-likeness (QED) is 0.630. The van der Waals surface area contributed by atoms with Crippen LogP contribution in [-0.4, -0.2) is 18.9 Å². The Kier molecular flexibility index (Phi) is 2.69. The van der Waals surface area contributed by atoms with Gasteiger partial charge in [0.05, 0.1) is 6.10 Å². The van der Waals surface area contributed by atoms with Crippen molar-refractivity contribution >= 4 is 0 Å². The van der Waals surface area contributed by atoms with Crippen LogP contribution < -0.4 is 5.32 Å². The Morgan fingerprint density at radius 1 is 1.70 bits per heavy atom. The summed E-state index contributed by atoms with van der Waals surface area (Å²) >= 11 is 0. The normalized spacial score (nSPS) is 36.3. The Morgan fingerprint density at radius 3 is 2.80 bits per heavy atom. The van der Waals surface area contributed by atoms with Crippen molar-refractivity contribution in [3.05, 3.63) is 0 Å². The summed E-state index contributed by atoms with van der Waals surface area (Å²) < 4.78 is 5.60. The Labute approximate surface area is 63.0 Å². The molecule has 0 amide bonds. The van der Waals surface area contributed by atoms with Gasteiger partial charge in [-0.1, -0.05) is 13.8 Å². The molecule has 0 aliphatic carbocycles. The molecule has 0 saturated carbocycles. The standard InChI is InChI=1S/C8H17NO/c1-4-6(2)8-9-5-7(3)10-8/h6-9H,4-5H2,1-3H3. The van der Waals surface area contributed by atoms with Crippen molar-refractivity contribution in [3.8, 4) is 0 Å². The lowest BCUT2D eigenvalue weighted by atomic mass is 10.1. The van der Waals surface area contributed by atoms with Crippen LogP contribution in [0.25, 0.3) is 0 Å². The molecule has 1 aliphatic rings. The zero-order chi connectivity index (χ0) is 7.56. The van der Waals surface area contributed by atoms with Gasteiger partial charge in [0.25, 0.3) is 0 Å². The Morgan fingerprint density at radius 2 is 2.40 bits per heavy atom. The van der Waals surface area contributed by atoms with Gasteiger partial charge in [0.15, 0.2) is 0 Å². The van der Waals surface area contributed by atoms with E-state index in [-0.39, 0.29) is 0 Å².